The molecule has 1 rings (SSSR count). The van der Waals surface area contributed by atoms with Crippen molar-refractivity contribution in [2.45, 2.75) is 19.3 Å². The number of methoxy groups -OCH3 is 1. The summed E-state index contributed by atoms with van der Waals surface area (Å²) < 4.78 is 4.56. The van der Waals surface area contributed by atoms with Crippen LogP contribution in [0.2, 0.25) is 0 Å². The van der Waals surface area contributed by atoms with E-state index in [9.17, 15) is 9.59 Å². The number of amides is 2. The van der Waals surface area contributed by atoms with Crippen molar-refractivity contribution in [3.05, 3.63) is 11.3 Å². The first-order chi connectivity index (χ1) is 6.15. The normalized spacial score (nSPS) is 15.8. The summed E-state index contributed by atoms with van der Waals surface area (Å²) in [4.78, 5) is 21.7. The number of hydrogen-bond acceptors (Lipinski definition) is 3. The van der Waals surface area contributed by atoms with Crippen molar-refractivity contribution >= 4 is 12.0 Å². The Kier molecular flexibility index (Phi) is 2.89. The molecule has 2 amide bonds. The monoisotopic (exact) mass is 184 g/mol. The molecule has 0 aromatic carbocycles. The molecule has 0 saturated carbocycles. The highest BCUT2D eigenvalue weighted by atomic mass is 16.5. The number of nitrogens with two attached hydrogens (primary N) is 1. The number of primary amides is 1. The van der Waals surface area contributed by atoms with Crippen LogP contribution in [0, 0.1) is 0 Å². The number of urea groups is 1. The van der Waals surface area contributed by atoms with Crippen LogP contribution in [0.15, 0.2) is 11.3 Å². The van der Waals surface area contributed by atoms with Gasteiger partial charge in [-0.2, -0.15) is 0 Å². The van der Waals surface area contributed by atoms with Gasteiger partial charge in [-0.3, -0.25) is 0 Å². The van der Waals surface area contributed by atoms with Crippen molar-refractivity contribution < 1.29 is 14.3 Å². The fourth-order valence-corrected chi connectivity index (χ4v) is 1.38. The third-order valence-electron chi connectivity index (χ3n) is 1.92. The minimum atomic E-state index is -0.640. The first kappa shape index (κ1) is 9.57. The number of nitrogens with one attached hydrogen (secondary N) is 1. The van der Waals surface area contributed by atoms with Crippen LogP contribution >= 0.6 is 0 Å². The second kappa shape index (κ2) is 3.93. The van der Waals surface area contributed by atoms with Gasteiger partial charge in [0.15, 0.2) is 0 Å². The number of carbonyl (C=O) groups excluding carboxylic acids is 2. The Bertz CT molecular complexity index is 271. The predicted octanol–water partition coefficient (Wildman–Crippen LogP) is 0.266. The fraction of sp³-hybridized carbons (Fsp3) is 0.500. The van der Waals surface area contributed by atoms with E-state index in [-0.39, 0.29) is 5.97 Å². The summed E-state index contributed by atoms with van der Waals surface area (Å²) in [7, 11) is 1.32. The number of hydrogen-bond donors (Lipinski definition) is 2. The van der Waals surface area contributed by atoms with Crippen LogP contribution in [-0.4, -0.2) is 19.1 Å². The van der Waals surface area contributed by atoms with Gasteiger partial charge in [0.25, 0.3) is 0 Å². The number of allylic oxidation sites excluding steroid dienone is 1. The number of carbonyl (C=O) groups is 2. The molecule has 1 aliphatic rings. The molecule has 0 heterocycles. The molecule has 0 saturated heterocycles. The highest BCUT2D eigenvalue weighted by Gasteiger charge is 2.21. The lowest BCUT2D eigenvalue weighted by atomic mass is 10.2. The van der Waals surface area contributed by atoms with Crippen LogP contribution in [-0.2, 0) is 9.53 Å². The van der Waals surface area contributed by atoms with Crippen LogP contribution in [0.25, 0.3) is 0 Å². The topological polar surface area (TPSA) is 81.4 Å². The van der Waals surface area contributed by atoms with Gasteiger partial charge in [-0.15, -0.1) is 0 Å². The fourth-order valence-electron chi connectivity index (χ4n) is 1.38. The second-order valence-electron chi connectivity index (χ2n) is 2.79. The summed E-state index contributed by atoms with van der Waals surface area (Å²) in [6.45, 7) is 0. The summed E-state index contributed by atoms with van der Waals surface area (Å²) in [5.74, 6) is -0.388. The van der Waals surface area contributed by atoms with E-state index < -0.39 is 6.03 Å². The molecule has 0 aliphatic heterocycles. The van der Waals surface area contributed by atoms with E-state index in [1.807, 2.05) is 0 Å². The summed E-state index contributed by atoms with van der Waals surface area (Å²) in [5.41, 5.74) is 6.07. The highest BCUT2D eigenvalue weighted by Crippen LogP contribution is 2.24. The molecule has 0 unspecified atom stereocenters. The smallest absolute Gasteiger partial charge is 0.335 e. The zero-order chi connectivity index (χ0) is 9.84. The summed E-state index contributed by atoms with van der Waals surface area (Å²) >= 11 is 0. The van der Waals surface area contributed by atoms with Crippen LogP contribution in [0.1, 0.15) is 19.3 Å². The maximum atomic E-state index is 11.1. The second-order valence-corrected chi connectivity index (χ2v) is 2.79. The van der Waals surface area contributed by atoms with Gasteiger partial charge in [0.1, 0.15) is 0 Å². The first-order valence-electron chi connectivity index (χ1n) is 4.02. The molecule has 5 heteroatoms. The van der Waals surface area contributed by atoms with Gasteiger partial charge in [-0.25, -0.2) is 9.59 Å². The molecule has 0 bridgehead atoms. The van der Waals surface area contributed by atoms with E-state index in [1.54, 1.807) is 0 Å². The van der Waals surface area contributed by atoms with Gasteiger partial charge in [0.05, 0.1) is 12.7 Å². The van der Waals surface area contributed by atoms with E-state index in [2.05, 4.69) is 10.1 Å². The Labute approximate surface area is 75.9 Å². The van der Waals surface area contributed by atoms with Crippen LogP contribution in [0.4, 0.5) is 4.79 Å². The van der Waals surface area contributed by atoms with E-state index >= 15 is 0 Å². The molecule has 5 nitrogen and oxygen atoms in total. The van der Waals surface area contributed by atoms with E-state index in [1.165, 1.54) is 7.11 Å². The first-order valence-corrected chi connectivity index (χ1v) is 4.02. The lowest BCUT2D eigenvalue weighted by molar-refractivity contribution is -0.136. The minimum absolute atomic E-state index is 0.388. The Hall–Kier alpha value is -1.52. The predicted molar refractivity (Wildman–Crippen MR) is 45.6 cm³/mol. The lowest BCUT2D eigenvalue weighted by Gasteiger charge is -2.04. The van der Waals surface area contributed by atoms with Crippen LogP contribution in [0.5, 0.6) is 0 Å². The molecule has 1 aliphatic carbocycles. The molecule has 0 aromatic rings. The third kappa shape index (κ3) is 2.21. The Morgan fingerprint density at radius 1 is 1.46 bits per heavy atom. The van der Waals surface area contributed by atoms with Crippen molar-refractivity contribution in [2.24, 2.45) is 5.73 Å². The van der Waals surface area contributed by atoms with Gasteiger partial charge in [0.2, 0.25) is 0 Å². The molecule has 3 N–H and O–H groups in total. The molecule has 0 fully saturated rings. The third-order valence-corrected chi connectivity index (χ3v) is 1.92. The number of ether oxygens (including phenoxy) is 1. The van der Waals surface area contributed by atoms with E-state index in [4.69, 9.17) is 5.73 Å². The van der Waals surface area contributed by atoms with E-state index in [0.29, 0.717) is 24.1 Å². The highest BCUT2D eigenvalue weighted by molar-refractivity contribution is 5.90. The summed E-state index contributed by atoms with van der Waals surface area (Å²) in [6.07, 6.45) is 2.16. The maximum Gasteiger partial charge on any atom is 0.335 e. The average molecular weight is 184 g/mol. The van der Waals surface area contributed by atoms with Crippen molar-refractivity contribution in [2.75, 3.05) is 7.11 Å². The van der Waals surface area contributed by atoms with Gasteiger partial charge in [-0.1, -0.05) is 0 Å². The maximum absolute atomic E-state index is 11.1. The Balaban J connectivity index is 2.76. The van der Waals surface area contributed by atoms with Crippen molar-refractivity contribution in [3.8, 4) is 0 Å². The van der Waals surface area contributed by atoms with Gasteiger partial charge >= 0.3 is 12.0 Å². The molecule has 72 valence electrons. The van der Waals surface area contributed by atoms with Gasteiger partial charge < -0.3 is 15.8 Å². The largest absolute Gasteiger partial charge is 0.466 e. The molecule has 0 aromatic heterocycles. The summed E-state index contributed by atoms with van der Waals surface area (Å²) in [6, 6.07) is -0.640. The number of rotatable bonds is 2. The SMILES string of the molecule is COC(=O)C1=C(NC(N)=O)CCC1. The quantitative estimate of drug-likeness (QED) is 0.604. The zero-order valence-corrected chi connectivity index (χ0v) is 7.42. The van der Waals surface area contributed by atoms with Crippen molar-refractivity contribution in [3.63, 3.8) is 0 Å². The minimum Gasteiger partial charge on any atom is -0.466 e. The van der Waals surface area contributed by atoms with E-state index in [0.717, 1.165) is 6.42 Å². The van der Waals surface area contributed by atoms with Crippen LogP contribution in [0.3, 0.4) is 0 Å². The number of esters is 1. The molecule has 0 atom stereocenters. The Morgan fingerprint density at radius 2 is 2.15 bits per heavy atom. The molecule has 0 radical (unpaired) electrons. The van der Waals surface area contributed by atoms with Crippen LogP contribution < -0.4 is 11.1 Å². The lowest BCUT2D eigenvalue weighted by Crippen LogP contribution is -2.29. The summed E-state index contributed by atoms with van der Waals surface area (Å²) in [5, 5.41) is 2.42. The molecular formula is C8H12N2O3. The zero-order valence-electron chi connectivity index (χ0n) is 7.42. The van der Waals surface area contributed by atoms with Crippen molar-refractivity contribution in [1.82, 2.24) is 5.32 Å². The average Bonchev–Trinajstić information content (AvgIpc) is 2.50. The molecule has 13 heavy (non-hydrogen) atoms. The van der Waals surface area contributed by atoms with Gasteiger partial charge in [0, 0.05) is 5.70 Å². The Morgan fingerprint density at radius 3 is 2.69 bits per heavy atom. The molecule has 0 spiro atoms. The van der Waals surface area contributed by atoms with Gasteiger partial charge in [-0.05, 0) is 19.3 Å². The standard InChI is InChI=1S/C8H12N2O3/c1-13-7(11)5-3-2-4-6(5)10-8(9)12/h2-4H2,1H3,(H3,9,10,12). The molecular weight excluding hydrogens is 172 g/mol. The van der Waals surface area contributed by atoms with Crippen molar-refractivity contribution in [1.29, 1.82) is 0 Å².